The van der Waals surface area contributed by atoms with Crippen molar-refractivity contribution in [3.8, 4) is 17.2 Å². The molecular formula is C31H32N4O4S. The monoisotopic (exact) mass is 556 g/mol. The van der Waals surface area contributed by atoms with Crippen molar-refractivity contribution < 1.29 is 14.2 Å². The maximum absolute atomic E-state index is 12.4. The molecule has 2 atom stereocenters. The van der Waals surface area contributed by atoms with Crippen LogP contribution in [0.15, 0.2) is 87.8 Å². The number of rotatable bonds is 8. The van der Waals surface area contributed by atoms with Crippen LogP contribution in [-0.4, -0.2) is 36.8 Å². The number of hydrogen-bond donors (Lipinski definition) is 2. The van der Waals surface area contributed by atoms with E-state index in [4.69, 9.17) is 14.2 Å². The SMILES string of the molecule is CCCC(Nc1ccc2c(c1)Sc1cccc(C3CN(c4ccc[nH]c4=O)CCO3)c1O2)c1cncc(OC)c1. The first kappa shape index (κ1) is 26.3. The molecule has 2 N–H and O–H groups in total. The molecule has 2 unspecified atom stereocenters. The van der Waals surface area contributed by atoms with E-state index in [-0.39, 0.29) is 17.7 Å². The number of fused-ring (bicyclic) bond motifs is 2. The average Bonchev–Trinajstić information content (AvgIpc) is 3.00. The van der Waals surface area contributed by atoms with Crippen molar-refractivity contribution in [1.29, 1.82) is 0 Å². The summed E-state index contributed by atoms with van der Waals surface area (Å²) in [5.74, 6) is 2.39. The molecule has 0 bridgehead atoms. The van der Waals surface area contributed by atoms with Crippen LogP contribution >= 0.6 is 11.8 Å². The van der Waals surface area contributed by atoms with Crippen molar-refractivity contribution in [2.24, 2.45) is 0 Å². The highest BCUT2D eigenvalue weighted by Gasteiger charge is 2.30. The summed E-state index contributed by atoms with van der Waals surface area (Å²) < 4.78 is 18.1. The van der Waals surface area contributed by atoms with Gasteiger partial charge in [-0.25, -0.2) is 0 Å². The van der Waals surface area contributed by atoms with E-state index in [1.54, 1.807) is 31.3 Å². The summed E-state index contributed by atoms with van der Waals surface area (Å²) in [7, 11) is 1.66. The summed E-state index contributed by atoms with van der Waals surface area (Å²) >= 11 is 1.70. The molecule has 40 heavy (non-hydrogen) atoms. The molecule has 9 heteroatoms. The molecule has 1 fully saturated rings. The van der Waals surface area contributed by atoms with Gasteiger partial charge in [0.2, 0.25) is 0 Å². The van der Waals surface area contributed by atoms with Gasteiger partial charge in [0.1, 0.15) is 29.0 Å². The Morgan fingerprint density at radius 1 is 1.18 bits per heavy atom. The molecule has 0 radical (unpaired) electrons. The van der Waals surface area contributed by atoms with Crippen molar-refractivity contribution in [3.63, 3.8) is 0 Å². The number of pyridine rings is 2. The van der Waals surface area contributed by atoms with Gasteiger partial charge >= 0.3 is 0 Å². The lowest BCUT2D eigenvalue weighted by atomic mass is 10.0. The number of aromatic amines is 1. The second kappa shape index (κ2) is 11.7. The number of nitrogens with one attached hydrogen (secondary N) is 2. The molecular weight excluding hydrogens is 524 g/mol. The molecule has 2 aromatic heterocycles. The average molecular weight is 557 g/mol. The van der Waals surface area contributed by atoms with E-state index in [0.29, 0.717) is 25.4 Å². The van der Waals surface area contributed by atoms with Crippen molar-refractivity contribution in [2.75, 3.05) is 37.0 Å². The summed E-state index contributed by atoms with van der Waals surface area (Å²) in [5.41, 5.74) is 3.68. The van der Waals surface area contributed by atoms with Gasteiger partial charge in [-0.3, -0.25) is 9.78 Å². The van der Waals surface area contributed by atoms with E-state index in [2.05, 4.69) is 51.4 Å². The maximum Gasteiger partial charge on any atom is 0.271 e. The molecule has 0 amide bonds. The third-order valence-electron chi connectivity index (χ3n) is 7.23. The predicted molar refractivity (Wildman–Crippen MR) is 157 cm³/mol. The van der Waals surface area contributed by atoms with Crippen molar-refractivity contribution >= 4 is 23.1 Å². The quantitative estimate of drug-likeness (QED) is 0.222. The minimum absolute atomic E-state index is 0.0905. The lowest BCUT2D eigenvalue weighted by Gasteiger charge is -2.35. The standard InChI is InChI=1S/C31H32N4O4S/c1-3-6-24(20-15-22(37-2)18-32-17-20)34-21-10-11-26-29(16-21)40-28-9-4-7-23(30(28)39-26)27-19-35(13-14-38-27)25-8-5-12-33-31(25)36/h4-5,7-12,15-18,24,27,34H,3,6,13-14,19H2,1-2H3,(H,33,36). The second-order valence-electron chi connectivity index (χ2n) is 9.87. The van der Waals surface area contributed by atoms with Crippen molar-refractivity contribution in [3.05, 3.63) is 94.7 Å². The highest BCUT2D eigenvalue weighted by Crippen LogP contribution is 2.51. The largest absolute Gasteiger partial charge is 0.495 e. The summed E-state index contributed by atoms with van der Waals surface area (Å²) in [6.45, 7) is 3.95. The normalized spacial score (nSPS) is 16.9. The Labute approximate surface area is 237 Å². The second-order valence-corrected chi connectivity index (χ2v) is 11.0. The number of methoxy groups -OCH3 is 1. The summed E-state index contributed by atoms with van der Waals surface area (Å²) in [6.07, 6.45) is 7.06. The Bertz CT molecular complexity index is 1560. The highest BCUT2D eigenvalue weighted by molar-refractivity contribution is 7.99. The molecule has 0 spiro atoms. The third-order valence-corrected chi connectivity index (χ3v) is 8.31. The Morgan fingerprint density at radius 2 is 2.10 bits per heavy atom. The fraction of sp³-hybridized carbons (Fsp3) is 0.290. The minimum atomic E-state index is -0.210. The zero-order chi connectivity index (χ0) is 27.5. The number of ether oxygens (including phenoxy) is 3. The van der Waals surface area contributed by atoms with Gasteiger partial charge in [0, 0.05) is 36.7 Å². The molecule has 8 nitrogen and oxygen atoms in total. The molecule has 2 aliphatic heterocycles. The summed E-state index contributed by atoms with van der Waals surface area (Å²) in [5, 5.41) is 3.69. The van der Waals surface area contributed by atoms with E-state index in [0.717, 1.165) is 56.7 Å². The predicted octanol–water partition coefficient (Wildman–Crippen LogP) is 6.57. The fourth-order valence-corrected chi connectivity index (χ4v) is 6.27. The first-order chi connectivity index (χ1) is 19.6. The van der Waals surface area contributed by atoms with Gasteiger partial charge in [-0.05, 0) is 54.4 Å². The molecule has 0 saturated carbocycles. The van der Waals surface area contributed by atoms with Crippen LogP contribution < -0.4 is 25.2 Å². The van der Waals surface area contributed by atoms with E-state index in [9.17, 15) is 4.79 Å². The molecule has 2 aliphatic rings. The molecule has 1 saturated heterocycles. The molecule has 4 aromatic rings. The fourth-order valence-electron chi connectivity index (χ4n) is 5.23. The van der Waals surface area contributed by atoms with Crippen LogP contribution in [0.4, 0.5) is 11.4 Å². The van der Waals surface area contributed by atoms with Gasteiger partial charge in [-0.2, -0.15) is 0 Å². The number of aromatic nitrogens is 2. The number of morpholine rings is 1. The molecule has 206 valence electrons. The maximum atomic E-state index is 12.4. The molecule has 6 rings (SSSR count). The van der Waals surface area contributed by atoms with E-state index < -0.39 is 0 Å². The number of H-pyrrole nitrogens is 1. The lowest BCUT2D eigenvalue weighted by molar-refractivity contribution is 0.0382. The van der Waals surface area contributed by atoms with Crippen LogP contribution in [0.25, 0.3) is 0 Å². The Hall–Kier alpha value is -3.95. The van der Waals surface area contributed by atoms with Gasteiger partial charge in [-0.1, -0.05) is 37.2 Å². The van der Waals surface area contributed by atoms with Gasteiger partial charge in [-0.15, -0.1) is 0 Å². The van der Waals surface area contributed by atoms with Gasteiger partial charge in [0.15, 0.2) is 0 Å². The van der Waals surface area contributed by atoms with E-state index in [1.165, 1.54) is 0 Å². The van der Waals surface area contributed by atoms with Crippen LogP contribution in [0, 0.1) is 0 Å². The number of anilines is 2. The van der Waals surface area contributed by atoms with Crippen LogP contribution in [0.1, 0.15) is 43.0 Å². The van der Waals surface area contributed by atoms with Crippen LogP contribution in [0.5, 0.6) is 17.2 Å². The molecule has 2 aromatic carbocycles. The van der Waals surface area contributed by atoms with Gasteiger partial charge < -0.3 is 29.4 Å². The number of hydrogen-bond acceptors (Lipinski definition) is 8. The van der Waals surface area contributed by atoms with E-state index >= 15 is 0 Å². The summed E-state index contributed by atoms with van der Waals surface area (Å²) in [4.78, 5) is 23.7. The Morgan fingerprint density at radius 3 is 2.95 bits per heavy atom. The number of nitrogens with zero attached hydrogens (tertiary/aromatic N) is 2. The van der Waals surface area contributed by atoms with Crippen LogP contribution in [0.3, 0.4) is 0 Å². The van der Waals surface area contributed by atoms with Crippen LogP contribution in [0.2, 0.25) is 0 Å². The van der Waals surface area contributed by atoms with E-state index in [1.807, 2.05) is 36.5 Å². The van der Waals surface area contributed by atoms with Gasteiger partial charge in [0.05, 0.1) is 35.7 Å². The topological polar surface area (TPSA) is 88.7 Å². The van der Waals surface area contributed by atoms with Gasteiger partial charge in [0.25, 0.3) is 5.56 Å². The van der Waals surface area contributed by atoms with Crippen molar-refractivity contribution in [2.45, 2.75) is 41.7 Å². The minimum Gasteiger partial charge on any atom is -0.495 e. The summed E-state index contributed by atoms with van der Waals surface area (Å²) in [6, 6.07) is 18.3. The number of para-hydroxylation sites is 1. The molecule has 4 heterocycles. The Kier molecular flexibility index (Phi) is 7.66. The first-order valence-electron chi connectivity index (χ1n) is 13.6. The first-order valence-corrected chi connectivity index (χ1v) is 14.4. The lowest BCUT2D eigenvalue weighted by Crippen LogP contribution is -2.41. The molecule has 0 aliphatic carbocycles. The number of benzene rings is 2. The zero-order valence-corrected chi connectivity index (χ0v) is 23.4. The van der Waals surface area contributed by atoms with Crippen LogP contribution in [-0.2, 0) is 4.74 Å². The highest BCUT2D eigenvalue weighted by atomic mass is 32.2. The smallest absolute Gasteiger partial charge is 0.271 e. The van der Waals surface area contributed by atoms with Crippen molar-refractivity contribution in [1.82, 2.24) is 9.97 Å². The zero-order valence-electron chi connectivity index (χ0n) is 22.6. The Balaban J connectivity index is 1.22. The third kappa shape index (κ3) is 5.39.